The third-order valence-corrected chi connectivity index (χ3v) is 2.57. The van der Waals surface area contributed by atoms with Crippen molar-refractivity contribution in [2.24, 2.45) is 5.73 Å². The van der Waals surface area contributed by atoms with E-state index in [4.69, 9.17) is 5.73 Å². The van der Waals surface area contributed by atoms with Crippen LogP contribution in [0.1, 0.15) is 31.6 Å². The quantitative estimate of drug-likeness (QED) is 0.732. The minimum Gasteiger partial charge on any atom is -0.373 e. The fourth-order valence-corrected chi connectivity index (χ4v) is 1.67. The van der Waals surface area contributed by atoms with Crippen LogP contribution in [0.5, 0.6) is 0 Å². The summed E-state index contributed by atoms with van der Waals surface area (Å²) in [5.74, 6) is 1.63. The number of pyridine rings is 1. The van der Waals surface area contributed by atoms with E-state index in [0.29, 0.717) is 5.65 Å². The van der Waals surface area contributed by atoms with Crippen LogP contribution in [0.25, 0.3) is 11.2 Å². The highest BCUT2D eigenvalue weighted by Crippen LogP contribution is 2.17. The van der Waals surface area contributed by atoms with Crippen molar-refractivity contribution >= 4 is 17.0 Å². The molecule has 5 nitrogen and oxygen atoms in total. The molecular formula is C11H17N5. The van der Waals surface area contributed by atoms with Crippen molar-refractivity contribution in [1.29, 1.82) is 0 Å². The van der Waals surface area contributed by atoms with Gasteiger partial charge in [-0.3, -0.25) is 0 Å². The molecule has 4 N–H and O–H groups in total. The summed E-state index contributed by atoms with van der Waals surface area (Å²) in [5, 5.41) is 2.99. The van der Waals surface area contributed by atoms with Crippen molar-refractivity contribution in [2.75, 3.05) is 12.4 Å². The maximum absolute atomic E-state index is 6.00. The molecule has 2 aromatic heterocycles. The Kier molecular flexibility index (Phi) is 3.05. The first-order valence-corrected chi connectivity index (χ1v) is 5.54. The summed E-state index contributed by atoms with van der Waals surface area (Å²) >= 11 is 0. The summed E-state index contributed by atoms with van der Waals surface area (Å²) in [4.78, 5) is 12.0. The van der Waals surface area contributed by atoms with Crippen molar-refractivity contribution < 1.29 is 0 Å². The van der Waals surface area contributed by atoms with Crippen molar-refractivity contribution in [3.05, 3.63) is 18.0 Å². The van der Waals surface area contributed by atoms with E-state index in [0.717, 1.165) is 30.0 Å². The lowest BCUT2D eigenvalue weighted by atomic mass is 10.2. The van der Waals surface area contributed by atoms with Crippen LogP contribution in [-0.2, 0) is 0 Å². The van der Waals surface area contributed by atoms with Crippen LogP contribution in [0.2, 0.25) is 0 Å². The SMILES string of the molecule is CCCC(N)c1nc2nc(NC)ccc2[nH]1. The Hall–Kier alpha value is -1.62. The summed E-state index contributed by atoms with van der Waals surface area (Å²) < 4.78 is 0. The molecule has 0 fully saturated rings. The molecule has 1 unspecified atom stereocenters. The number of hydrogen-bond acceptors (Lipinski definition) is 4. The molecule has 16 heavy (non-hydrogen) atoms. The number of nitrogens with one attached hydrogen (secondary N) is 2. The van der Waals surface area contributed by atoms with Gasteiger partial charge in [0.1, 0.15) is 11.6 Å². The maximum atomic E-state index is 6.00. The summed E-state index contributed by atoms with van der Waals surface area (Å²) in [5.41, 5.74) is 7.65. The highest BCUT2D eigenvalue weighted by atomic mass is 15.1. The van der Waals surface area contributed by atoms with Gasteiger partial charge in [-0.25, -0.2) is 9.97 Å². The van der Waals surface area contributed by atoms with Crippen LogP contribution in [0, 0.1) is 0 Å². The first kappa shape index (κ1) is 10.9. The number of anilines is 1. The van der Waals surface area contributed by atoms with Crippen molar-refractivity contribution in [2.45, 2.75) is 25.8 Å². The van der Waals surface area contributed by atoms with Gasteiger partial charge < -0.3 is 16.0 Å². The van der Waals surface area contributed by atoms with Crippen LogP contribution in [0.15, 0.2) is 12.1 Å². The summed E-state index contributed by atoms with van der Waals surface area (Å²) in [6.45, 7) is 2.11. The van der Waals surface area contributed by atoms with Gasteiger partial charge in [0, 0.05) is 7.05 Å². The van der Waals surface area contributed by atoms with Gasteiger partial charge in [0.25, 0.3) is 0 Å². The molecule has 1 atom stereocenters. The van der Waals surface area contributed by atoms with Gasteiger partial charge in [-0.1, -0.05) is 13.3 Å². The van der Waals surface area contributed by atoms with Crippen LogP contribution in [0.4, 0.5) is 5.82 Å². The second-order valence-corrected chi connectivity index (χ2v) is 3.83. The fraction of sp³-hybridized carbons (Fsp3) is 0.455. The monoisotopic (exact) mass is 219 g/mol. The molecule has 0 radical (unpaired) electrons. The molecule has 0 amide bonds. The van der Waals surface area contributed by atoms with Gasteiger partial charge in [-0.15, -0.1) is 0 Å². The Labute approximate surface area is 94.5 Å². The molecule has 0 spiro atoms. The number of nitrogens with zero attached hydrogens (tertiary/aromatic N) is 2. The number of hydrogen-bond donors (Lipinski definition) is 3. The number of H-pyrrole nitrogens is 1. The van der Waals surface area contributed by atoms with Gasteiger partial charge in [0.15, 0.2) is 5.65 Å². The molecule has 2 aromatic rings. The molecule has 0 aliphatic rings. The van der Waals surface area contributed by atoms with Gasteiger partial charge in [-0.05, 0) is 18.6 Å². The van der Waals surface area contributed by atoms with E-state index in [-0.39, 0.29) is 6.04 Å². The van der Waals surface area contributed by atoms with E-state index in [1.807, 2.05) is 19.2 Å². The van der Waals surface area contributed by atoms with E-state index in [1.165, 1.54) is 0 Å². The van der Waals surface area contributed by atoms with Gasteiger partial charge in [0.05, 0.1) is 11.6 Å². The van der Waals surface area contributed by atoms with E-state index in [9.17, 15) is 0 Å². The molecule has 0 aromatic carbocycles. The molecule has 0 saturated heterocycles. The smallest absolute Gasteiger partial charge is 0.179 e. The Balaban J connectivity index is 2.35. The van der Waals surface area contributed by atoms with Crippen molar-refractivity contribution in [1.82, 2.24) is 15.0 Å². The second kappa shape index (κ2) is 4.49. The highest BCUT2D eigenvalue weighted by molar-refractivity contribution is 5.72. The van der Waals surface area contributed by atoms with E-state index in [2.05, 4.69) is 27.2 Å². The predicted octanol–water partition coefficient (Wildman–Crippen LogP) is 1.80. The Morgan fingerprint density at radius 3 is 2.94 bits per heavy atom. The van der Waals surface area contributed by atoms with Crippen LogP contribution >= 0.6 is 0 Å². The predicted molar refractivity (Wildman–Crippen MR) is 65.3 cm³/mol. The fourth-order valence-electron chi connectivity index (χ4n) is 1.67. The Morgan fingerprint density at radius 1 is 1.44 bits per heavy atom. The molecule has 2 rings (SSSR count). The lowest BCUT2D eigenvalue weighted by molar-refractivity contribution is 0.610. The molecule has 5 heteroatoms. The topological polar surface area (TPSA) is 79.6 Å². The number of aromatic amines is 1. The second-order valence-electron chi connectivity index (χ2n) is 3.83. The highest BCUT2D eigenvalue weighted by Gasteiger charge is 2.11. The van der Waals surface area contributed by atoms with Crippen molar-refractivity contribution in [3.63, 3.8) is 0 Å². The summed E-state index contributed by atoms with van der Waals surface area (Å²) in [6.07, 6.45) is 1.98. The first-order chi connectivity index (χ1) is 7.74. The zero-order valence-electron chi connectivity index (χ0n) is 9.62. The summed E-state index contributed by atoms with van der Waals surface area (Å²) in [6, 6.07) is 3.84. The molecule has 86 valence electrons. The molecule has 2 heterocycles. The molecule has 0 saturated carbocycles. The number of imidazole rings is 1. The number of rotatable bonds is 4. The van der Waals surface area contributed by atoms with Crippen LogP contribution in [0.3, 0.4) is 0 Å². The Bertz CT molecular complexity index is 476. The Morgan fingerprint density at radius 2 is 2.25 bits per heavy atom. The summed E-state index contributed by atoms with van der Waals surface area (Å²) in [7, 11) is 1.84. The average molecular weight is 219 g/mol. The molecule has 0 aliphatic heterocycles. The first-order valence-electron chi connectivity index (χ1n) is 5.54. The number of fused-ring (bicyclic) bond motifs is 1. The third kappa shape index (κ3) is 1.99. The zero-order chi connectivity index (χ0) is 11.5. The number of nitrogens with two attached hydrogens (primary N) is 1. The molecular weight excluding hydrogens is 202 g/mol. The van der Waals surface area contributed by atoms with Gasteiger partial charge in [0.2, 0.25) is 0 Å². The standard InChI is InChI=1S/C11H17N5/c1-3-4-7(12)10-14-8-5-6-9(13-2)15-11(8)16-10/h5-7H,3-4,12H2,1-2H3,(H2,13,14,15,16). The average Bonchev–Trinajstić information content (AvgIpc) is 2.71. The van der Waals surface area contributed by atoms with E-state index >= 15 is 0 Å². The number of aromatic nitrogens is 3. The normalized spacial score (nSPS) is 12.9. The van der Waals surface area contributed by atoms with Crippen LogP contribution < -0.4 is 11.1 Å². The lowest BCUT2D eigenvalue weighted by Crippen LogP contribution is -2.11. The zero-order valence-corrected chi connectivity index (χ0v) is 9.62. The van der Waals surface area contributed by atoms with Crippen LogP contribution in [-0.4, -0.2) is 22.0 Å². The largest absolute Gasteiger partial charge is 0.373 e. The minimum atomic E-state index is -0.0303. The minimum absolute atomic E-state index is 0.0303. The molecule has 0 bridgehead atoms. The van der Waals surface area contributed by atoms with E-state index < -0.39 is 0 Å². The van der Waals surface area contributed by atoms with Gasteiger partial charge in [-0.2, -0.15) is 0 Å². The van der Waals surface area contributed by atoms with E-state index in [1.54, 1.807) is 0 Å². The third-order valence-electron chi connectivity index (χ3n) is 2.57. The van der Waals surface area contributed by atoms with Gasteiger partial charge >= 0.3 is 0 Å². The van der Waals surface area contributed by atoms with Crippen molar-refractivity contribution in [3.8, 4) is 0 Å². The maximum Gasteiger partial charge on any atom is 0.179 e. The lowest BCUT2D eigenvalue weighted by Gasteiger charge is -2.04. The molecule has 0 aliphatic carbocycles.